The molecule has 2 rings (SSSR count). The average molecular weight is 244 g/mol. The first-order valence-electron chi connectivity index (χ1n) is 5.97. The molecule has 1 heterocycles. The molecule has 0 saturated carbocycles. The van der Waals surface area contributed by atoms with E-state index in [9.17, 15) is 4.79 Å². The quantitative estimate of drug-likeness (QED) is 0.860. The molecule has 5 heteroatoms. The third-order valence-corrected chi connectivity index (χ3v) is 3.01. The van der Waals surface area contributed by atoms with Gasteiger partial charge < -0.3 is 10.2 Å². The Kier molecular flexibility index (Phi) is 3.80. The van der Waals surface area contributed by atoms with Crippen molar-refractivity contribution in [2.45, 2.75) is 0 Å². The zero-order valence-corrected chi connectivity index (χ0v) is 10.4. The molecule has 0 bridgehead atoms. The van der Waals surface area contributed by atoms with Gasteiger partial charge in [0, 0.05) is 31.9 Å². The third kappa shape index (κ3) is 2.44. The highest BCUT2D eigenvalue weighted by Crippen LogP contribution is 2.20. The fourth-order valence-electron chi connectivity index (χ4n) is 2.02. The van der Waals surface area contributed by atoms with Crippen molar-refractivity contribution in [2.24, 2.45) is 0 Å². The maximum absolute atomic E-state index is 12.2. The van der Waals surface area contributed by atoms with Gasteiger partial charge in [0.15, 0.2) is 0 Å². The number of carbonyl (C=O) groups excluding carboxylic acids is 1. The second-order valence-corrected chi connectivity index (χ2v) is 4.19. The molecule has 1 aliphatic rings. The highest BCUT2D eigenvalue weighted by atomic mass is 16.2. The van der Waals surface area contributed by atoms with Crippen molar-refractivity contribution in [3.8, 4) is 6.07 Å². The van der Waals surface area contributed by atoms with Crippen molar-refractivity contribution < 1.29 is 4.79 Å². The van der Waals surface area contributed by atoms with Crippen LogP contribution in [-0.2, 0) is 0 Å². The van der Waals surface area contributed by atoms with Gasteiger partial charge in [-0.3, -0.25) is 4.90 Å². The number of nitrogens with one attached hydrogen (secondary N) is 1. The van der Waals surface area contributed by atoms with Gasteiger partial charge in [-0.05, 0) is 25.2 Å². The average Bonchev–Trinajstić information content (AvgIpc) is 2.78. The Bertz CT molecular complexity index is 480. The molecule has 1 aliphatic heterocycles. The van der Waals surface area contributed by atoms with Crippen molar-refractivity contribution in [1.82, 2.24) is 10.2 Å². The second kappa shape index (κ2) is 5.52. The van der Waals surface area contributed by atoms with Gasteiger partial charge in [0.25, 0.3) is 0 Å². The summed E-state index contributed by atoms with van der Waals surface area (Å²) in [6.45, 7) is 2.91. The standard InChI is InChI=1S/C13H16N4O/c1-15-5-6-16-7-8-17(13(16)18)12-4-2-3-11(9-12)10-14/h2-4,9,15H,5-8H2,1H3. The molecule has 94 valence electrons. The molecule has 1 N–H and O–H groups in total. The normalized spacial score (nSPS) is 15.0. The molecular formula is C13H16N4O. The van der Waals surface area contributed by atoms with Gasteiger partial charge in [0.05, 0.1) is 11.6 Å². The minimum absolute atomic E-state index is 0.0142. The molecule has 1 saturated heterocycles. The topological polar surface area (TPSA) is 59.4 Å². The van der Waals surface area contributed by atoms with E-state index in [1.54, 1.807) is 23.1 Å². The van der Waals surface area contributed by atoms with Crippen LogP contribution >= 0.6 is 0 Å². The Morgan fingerprint density at radius 2 is 2.28 bits per heavy atom. The number of carbonyl (C=O) groups is 1. The van der Waals surface area contributed by atoms with Gasteiger partial charge in [0.1, 0.15) is 0 Å². The first-order valence-corrected chi connectivity index (χ1v) is 5.97. The molecule has 0 atom stereocenters. The van der Waals surface area contributed by atoms with Gasteiger partial charge >= 0.3 is 6.03 Å². The highest BCUT2D eigenvalue weighted by molar-refractivity contribution is 5.94. The van der Waals surface area contributed by atoms with Crippen LogP contribution in [0.15, 0.2) is 24.3 Å². The van der Waals surface area contributed by atoms with Crippen LogP contribution < -0.4 is 10.2 Å². The Labute approximate surface area is 107 Å². The predicted molar refractivity (Wildman–Crippen MR) is 69.4 cm³/mol. The van der Waals surface area contributed by atoms with Gasteiger partial charge in [-0.15, -0.1) is 0 Å². The number of anilines is 1. The summed E-state index contributed by atoms with van der Waals surface area (Å²) in [7, 11) is 1.87. The third-order valence-electron chi connectivity index (χ3n) is 3.01. The number of hydrogen-bond acceptors (Lipinski definition) is 3. The molecular weight excluding hydrogens is 228 g/mol. The summed E-state index contributed by atoms with van der Waals surface area (Å²) in [5.74, 6) is 0. The number of nitrogens with zero attached hydrogens (tertiary/aromatic N) is 3. The Balaban J connectivity index is 2.11. The summed E-state index contributed by atoms with van der Waals surface area (Å²) in [5.41, 5.74) is 1.37. The van der Waals surface area contributed by atoms with Crippen LogP contribution in [0.5, 0.6) is 0 Å². The van der Waals surface area contributed by atoms with Crippen LogP contribution in [0.2, 0.25) is 0 Å². The van der Waals surface area contributed by atoms with E-state index in [0.717, 1.165) is 18.8 Å². The molecule has 5 nitrogen and oxygen atoms in total. The van der Waals surface area contributed by atoms with Crippen molar-refractivity contribution in [3.05, 3.63) is 29.8 Å². The van der Waals surface area contributed by atoms with E-state index in [1.165, 1.54) is 0 Å². The molecule has 2 amide bonds. The van der Waals surface area contributed by atoms with E-state index in [-0.39, 0.29) is 6.03 Å². The summed E-state index contributed by atoms with van der Waals surface area (Å²) in [6, 6.07) is 9.26. The maximum atomic E-state index is 12.2. The molecule has 1 aromatic carbocycles. The van der Waals surface area contributed by atoms with E-state index in [1.807, 2.05) is 18.0 Å². The lowest BCUT2D eigenvalue weighted by molar-refractivity contribution is 0.221. The summed E-state index contributed by atoms with van der Waals surface area (Å²) in [6.07, 6.45) is 0. The van der Waals surface area contributed by atoms with Gasteiger partial charge in [-0.2, -0.15) is 5.26 Å². The lowest BCUT2D eigenvalue weighted by atomic mass is 10.2. The van der Waals surface area contributed by atoms with Crippen molar-refractivity contribution in [1.29, 1.82) is 5.26 Å². The number of nitriles is 1. The lowest BCUT2D eigenvalue weighted by Gasteiger charge is -2.18. The zero-order chi connectivity index (χ0) is 13.0. The number of urea groups is 1. The lowest BCUT2D eigenvalue weighted by Crippen LogP contribution is -2.35. The van der Waals surface area contributed by atoms with E-state index in [0.29, 0.717) is 18.7 Å². The molecule has 18 heavy (non-hydrogen) atoms. The molecule has 1 fully saturated rings. The van der Waals surface area contributed by atoms with Crippen LogP contribution in [0.3, 0.4) is 0 Å². The van der Waals surface area contributed by atoms with Gasteiger partial charge in [-0.1, -0.05) is 6.07 Å². The van der Waals surface area contributed by atoms with Crippen LogP contribution in [0.4, 0.5) is 10.5 Å². The predicted octanol–water partition coefficient (Wildman–Crippen LogP) is 1.02. The monoisotopic (exact) mass is 244 g/mol. The molecule has 0 radical (unpaired) electrons. The summed E-state index contributed by atoms with van der Waals surface area (Å²) in [4.78, 5) is 15.7. The fraction of sp³-hybridized carbons (Fsp3) is 0.385. The number of likely N-dealkylation sites (N-methyl/N-ethyl adjacent to an activating group) is 1. The number of benzene rings is 1. The van der Waals surface area contributed by atoms with Gasteiger partial charge in [-0.25, -0.2) is 4.79 Å². The zero-order valence-electron chi connectivity index (χ0n) is 10.4. The van der Waals surface area contributed by atoms with Crippen molar-refractivity contribution >= 4 is 11.7 Å². The van der Waals surface area contributed by atoms with Crippen molar-refractivity contribution in [2.75, 3.05) is 38.1 Å². The number of amides is 2. The van der Waals surface area contributed by atoms with E-state index < -0.39 is 0 Å². The molecule has 0 aliphatic carbocycles. The van der Waals surface area contributed by atoms with Crippen LogP contribution in [0.25, 0.3) is 0 Å². The smallest absolute Gasteiger partial charge is 0.321 e. The van der Waals surface area contributed by atoms with Crippen LogP contribution in [-0.4, -0.2) is 44.2 Å². The summed E-state index contributed by atoms with van der Waals surface area (Å²) < 4.78 is 0. The van der Waals surface area contributed by atoms with Crippen LogP contribution in [0, 0.1) is 11.3 Å². The van der Waals surface area contributed by atoms with E-state index >= 15 is 0 Å². The van der Waals surface area contributed by atoms with Gasteiger partial charge in [0.2, 0.25) is 0 Å². The highest BCUT2D eigenvalue weighted by Gasteiger charge is 2.28. The summed E-state index contributed by atoms with van der Waals surface area (Å²) in [5, 5.41) is 11.9. The minimum Gasteiger partial charge on any atom is -0.321 e. The number of hydrogen-bond donors (Lipinski definition) is 1. The Hall–Kier alpha value is -2.06. The maximum Gasteiger partial charge on any atom is 0.324 e. The number of rotatable bonds is 4. The minimum atomic E-state index is 0.0142. The van der Waals surface area contributed by atoms with Crippen molar-refractivity contribution in [3.63, 3.8) is 0 Å². The largest absolute Gasteiger partial charge is 0.324 e. The molecule has 0 aromatic heterocycles. The second-order valence-electron chi connectivity index (χ2n) is 4.19. The Morgan fingerprint density at radius 3 is 3.00 bits per heavy atom. The molecule has 0 spiro atoms. The SMILES string of the molecule is CNCCN1CCN(c2cccc(C#N)c2)C1=O. The summed E-state index contributed by atoms with van der Waals surface area (Å²) >= 11 is 0. The van der Waals surface area contributed by atoms with E-state index in [2.05, 4.69) is 11.4 Å². The van der Waals surface area contributed by atoms with Crippen LogP contribution in [0.1, 0.15) is 5.56 Å². The first kappa shape index (κ1) is 12.4. The van der Waals surface area contributed by atoms with E-state index in [4.69, 9.17) is 5.26 Å². The fourth-order valence-corrected chi connectivity index (χ4v) is 2.02. The first-order chi connectivity index (χ1) is 8.76. The molecule has 0 unspecified atom stereocenters. The Morgan fingerprint density at radius 1 is 1.44 bits per heavy atom. The molecule has 1 aromatic rings.